The maximum atomic E-state index is 14.5. The average Bonchev–Trinajstić information content (AvgIpc) is 3.30. The van der Waals surface area contributed by atoms with Gasteiger partial charge in [0.1, 0.15) is 12.2 Å². The number of amides is 2. The van der Waals surface area contributed by atoms with Crippen LogP contribution in [0.1, 0.15) is 47.8 Å². The van der Waals surface area contributed by atoms with Gasteiger partial charge in [0.2, 0.25) is 17.7 Å². The van der Waals surface area contributed by atoms with Crippen molar-refractivity contribution in [2.45, 2.75) is 44.1 Å². The molecule has 2 heterocycles. The zero-order valence-electron chi connectivity index (χ0n) is 20.4. The monoisotopic (exact) mass is 490 g/mol. The Bertz CT molecular complexity index is 1190. The van der Waals surface area contributed by atoms with Gasteiger partial charge in [-0.2, -0.15) is 0 Å². The summed E-state index contributed by atoms with van der Waals surface area (Å²) in [5, 5.41) is 3.06. The number of carbonyl (C=O) groups is 2. The molecule has 1 aliphatic rings. The number of carbonyl (C=O) groups excluding carboxylic acids is 2. The molecule has 1 fully saturated rings. The van der Waals surface area contributed by atoms with Gasteiger partial charge < -0.3 is 20.7 Å². The first kappa shape index (κ1) is 25.3. The van der Waals surface area contributed by atoms with E-state index in [1.54, 1.807) is 18.2 Å². The molecule has 3 N–H and O–H groups in total. The summed E-state index contributed by atoms with van der Waals surface area (Å²) in [6, 6.07) is 20.9. The highest BCUT2D eigenvalue weighted by molar-refractivity contribution is 5.89. The summed E-state index contributed by atoms with van der Waals surface area (Å²) in [6.07, 6.45) is -1.37. The average molecular weight is 491 g/mol. The second kappa shape index (κ2) is 11.3. The lowest BCUT2D eigenvalue weighted by atomic mass is 9.96. The van der Waals surface area contributed by atoms with E-state index in [4.69, 9.17) is 10.5 Å². The van der Waals surface area contributed by atoms with Crippen molar-refractivity contribution < 1.29 is 18.7 Å². The Kier molecular flexibility index (Phi) is 7.95. The van der Waals surface area contributed by atoms with Crippen LogP contribution in [0.3, 0.4) is 0 Å². The summed E-state index contributed by atoms with van der Waals surface area (Å²) >= 11 is 0. The van der Waals surface area contributed by atoms with Gasteiger partial charge in [0.15, 0.2) is 0 Å². The summed E-state index contributed by atoms with van der Waals surface area (Å²) in [6.45, 7) is 1.78. The summed E-state index contributed by atoms with van der Waals surface area (Å²) in [5.74, 6) is -0.360. The first-order valence-electron chi connectivity index (χ1n) is 12.0. The number of aromatic nitrogens is 1. The molecule has 0 bridgehead atoms. The van der Waals surface area contributed by atoms with Gasteiger partial charge in [0.05, 0.1) is 31.8 Å². The molecule has 8 heteroatoms. The zero-order chi connectivity index (χ0) is 25.7. The number of halogens is 1. The van der Waals surface area contributed by atoms with E-state index >= 15 is 0 Å². The Morgan fingerprint density at radius 2 is 1.72 bits per heavy atom. The lowest BCUT2D eigenvalue weighted by molar-refractivity contribution is -0.138. The maximum Gasteiger partial charge on any atom is 0.243 e. The smallest absolute Gasteiger partial charge is 0.243 e. The van der Waals surface area contributed by atoms with Gasteiger partial charge in [-0.15, -0.1) is 0 Å². The van der Waals surface area contributed by atoms with E-state index in [-0.39, 0.29) is 31.3 Å². The predicted octanol–water partition coefficient (Wildman–Crippen LogP) is 3.50. The molecule has 7 nitrogen and oxygen atoms in total. The molecule has 3 aromatic rings. The van der Waals surface area contributed by atoms with Gasteiger partial charge in [-0.1, -0.05) is 60.7 Å². The van der Waals surface area contributed by atoms with Gasteiger partial charge in [-0.3, -0.25) is 9.59 Å². The molecule has 4 atom stereocenters. The van der Waals surface area contributed by atoms with Crippen LogP contribution in [0.25, 0.3) is 0 Å². The number of hydrogen-bond acceptors (Lipinski definition) is 5. The molecule has 1 aliphatic heterocycles. The third kappa shape index (κ3) is 5.88. The molecule has 4 rings (SSSR count). The van der Waals surface area contributed by atoms with Crippen molar-refractivity contribution in [3.05, 3.63) is 95.2 Å². The molecule has 1 saturated heterocycles. The van der Waals surface area contributed by atoms with Gasteiger partial charge >= 0.3 is 0 Å². The number of benzene rings is 2. The quantitative estimate of drug-likeness (QED) is 0.504. The van der Waals surface area contributed by atoms with Crippen LogP contribution in [-0.2, 0) is 16.0 Å². The van der Waals surface area contributed by atoms with E-state index in [0.29, 0.717) is 11.6 Å². The number of rotatable bonds is 8. The minimum absolute atomic E-state index is 0.0471. The molecule has 188 valence electrons. The van der Waals surface area contributed by atoms with Crippen LogP contribution in [0.2, 0.25) is 0 Å². The number of likely N-dealkylation sites (tertiary alicyclic amines) is 1. The molecule has 0 spiro atoms. The Morgan fingerprint density at radius 1 is 1.06 bits per heavy atom. The number of nitrogens with one attached hydrogen (secondary N) is 1. The van der Waals surface area contributed by atoms with E-state index in [0.717, 1.165) is 16.7 Å². The minimum atomic E-state index is -1.27. The second-order valence-electron chi connectivity index (χ2n) is 9.05. The highest BCUT2D eigenvalue weighted by Crippen LogP contribution is 2.27. The number of methoxy groups -OCH3 is 1. The maximum absolute atomic E-state index is 14.5. The normalized spacial score (nSPS) is 18.9. The largest absolute Gasteiger partial charge is 0.481 e. The third-order valence-electron chi connectivity index (χ3n) is 6.41. The lowest BCUT2D eigenvalue weighted by Gasteiger charge is -2.27. The van der Waals surface area contributed by atoms with E-state index in [2.05, 4.69) is 10.3 Å². The number of alkyl halides is 1. The molecular weight excluding hydrogens is 459 g/mol. The molecule has 2 aromatic carbocycles. The summed E-state index contributed by atoms with van der Waals surface area (Å²) in [5.41, 5.74) is 9.22. The van der Waals surface area contributed by atoms with Crippen LogP contribution < -0.4 is 15.8 Å². The third-order valence-corrected chi connectivity index (χ3v) is 6.41. The minimum Gasteiger partial charge on any atom is -0.481 e. The molecule has 2 amide bonds. The Hall–Kier alpha value is -3.78. The molecule has 36 heavy (non-hydrogen) atoms. The van der Waals surface area contributed by atoms with Gasteiger partial charge in [0, 0.05) is 18.5 Å². The molecule has 0 aliphatic carbocycles. The Labute approximate surface area is 210 Å². The number of ether oxygens (including phenoxy) is 1. The Morgan fingerprint density at radius 3 is 2.39 bits per heavy atom. The van der Waals surface area contributed by atoms with Gasteiger partial charge in [-0.05, 0) is 29.7 Å². The van der Waals surface area contributed by atoms with Crippen LogP contribution in [0.15, 0.2) is 72.8 Å². The highest BCUT2D eigenvalue weighted by Gasteiger charge is 2.40. The van der Waals surface area contributed by atoms with Crippen molar-refractivity contribution in [2.24, 2.45) is 5.73 Å². The SMILES string of the molecule is COc1cccc(CC(=O)N2C[C@H](F)C[C@H]2C(=O)N[C@@H](c2ccccc2)c2ccc(C(C)N)cc2)n1. The Balaban J connectivity index is 1.54. The first-order chi connectivity index (χ1) is 17.4. The van der Waals surface area contributed by atoms with E-state index < -0.39 is 24.2 Å². The number of pyridine rings is 1. The van der Waals surface area contributed by atoms with Gasteiger partial charge in [0.25, 0.3) is 0 Å². The van der Waals surface area contributed by atoms with Crippen molar-refractivity contribution in [1.82, 2.24) is 15.2 Å². The van der Waals surface area contributed by atoms with Crippen molar-refractivity contribution in [3.63, 3.8) is 0 Å². The number of hydrogen-bond donors (Lipinski definition) is 2. The molecule has 0 saturated carbocycles. The second-order valence-corrected chi connectivity index (χ2v) is 9.05. The first-order valence-corrected chi connectivity index (χ1v) is 12.0. The molecular formula is C28H31FN4O3. The summed E-state index contributed by atoms with van der Waals surface area (Å²) in [7, 11) is 1.50. The fraction of sp³-hybridized carbons (Fsp3) is 0.321. The predicted molar refractivity (Wildman–Crippen MR) is 135 cm³/mol. The lowest BCUT2D eigenvalue weighted by Crippen LogP contribution is -2.47. The topological polar surface area (TPSA) is 97.5 Å². The molecule has 1 aromatic heterocycles. The van der Waals surface area contributed by atoms with Crippen LogP contribution in [-0.4, -0.2) is 47.6 Å². The van der Waals surface area contributed by atoms with Crippen LogP contribution >= 0.6 is 0 Å². The fourth-order valence-electron chi connectivity index (χ4n) is 4.47. The summed E-state index contributed by atoms with van der Waals surface area (Å²) < 4.78 is 19.6. The van der Waals surface area contributed by atoms with Gasteiger partial charge in [-0.25, -0.2) is 9.37 Å². The van der Waals surface area contributed by atoms with Crippen molar-refractivity contribution in [3.8, 4) is 5.88 Å². The fourth-order valence-corrected chi connectivity index (χ4v) is 4.47. The number of nitrogens with zero attached hydrogens (tertiary/aromatic N) is 2. The molecule has 1 unspecified atom stereocenters. The van der Waals surface area contributed by atoms with E-state index in [1.807, 2.05) is 61.5 Å². The van der Waals surface area contributed by atoms with E-state index in [9.17, 15) is 14.0 Å². The summed E-state index contributed by atoms with van der Waals surface area (Å²) in [4.78, 5) is 32.1. The van der Waals surface area contributed by atoms with Crippen LogP contribution in [0.5, 0.6) is 5.88 Å². The van der Waals surface area contributed by atoms with Crippen molar-refractivity contribution in [1.29, 1.82) is 0 Å². The zero-order valence-corrected chi connectivity index (χ0v) is 20.4. The van der Waals surface area contributed by atoms with Crippen LogP contribution in [0, 0.1) is 0 Å². The van der Waals surface area contributed by atoms with Crippen molar-refractivity contribution in [2.75, 3.05) is 13.7 Å². The van der Waals surface area contributed by atoms with Crippen molar-refractivity contribution >= 4 is 11.8 Å². The number of nitrogens with two attached hydrogens (primary N) is 1. The molecule has 0 radical (unpaired) electrons. The highest BCUT2D eigenvalue weighted by atomic mass is 19.1. The van der Waals surface area contributed by atoms with E-state index in [1.165, 1.54) is 12.0 Å². The van der Waals surface area contributed by atoms with Crippen LogP contribution in [0.4, 0.5) is 4.39 Å². The standard InChI is InChI=1S/C28H31FN4O3/c1-18(30)19-11-13-21(14-12-19)27(20-7-4-3-5-8-20)32-28(35)24-15-22(29)17-33(24)26(34)16-23-9-6-10-25(31-23)36-2/h3-14,18,22,24,27H,15-17,30H2,1-2H3,(H,32,35)/t18?,22-,24+,27+/m1/s1.